The lowest BCUT2D eigenvalue weighted by molar-refractivity contribution is 0.232. The maximum Gasteiger partial charge on any atom is 0.315 e. The summed E-state index contributed by atoms with van der Waals surface area (Å²) < 4.78 is 13.3. The van der Waals surface area contributed by atoms with Gasteiger partial charge >= 0.3 is 6.03 Å². The first-order chi connectivity index (χ1) is 10.7. The number of halogens is 1. The Kier molecular flexibility index (Phi) is 5.36. The Labute approximate surface area is 140 Å². The SMILES string of the molecule is Cc1nc(-c2cccc(F)c2)sc1CCNC(=O)NC(C)(C)C. The van der Waals surface area contributed by atoms with E-state index >= 15 is 0 Å². The van der Waals surface area contributed by atoms with E-state index < -0.39 is 0 Å². The predicted octanol–water partition coefficient (Wildman–Crippen LogP) is 3.90. The van der Waals surface area contributed by atoms with E-state index in [1.54, 1.807) is 6.07 Å². The van der Waals surface area contributed by atoms with Gasteiger partial charge in [-0.1, -0.05) is 12.1 Å². The molecular formula is C17H22FN3OS. The van der Waals surface area contributed by atoms with Gasteiger partial charge in [0, 0.05) is 28.9 Å². The van der Waals surface area contributed by atoms with Crippen molar-refractivity contribution in [2.75, 3.05) is 6.54 Å². The molecule has 1 aromatic heterocycles. The number of urea groups is 1. The van der Waals surface area contributed by atoms with Crippen LogP contribution in [0.5, 0.6) is 0 Å². The molecule has 2 rings (SSSR count). The van der Waals surface area contributed by atoms with Gasteiger partial charge in [0.15, 0.2) is 0 Å². The fourth-order valence-electron chi connectivity index (χ4n) is 2.08. The van der Waals surface area contributed by atoms with E-state index in [1.165, 1.54) is 23.5 Å². The van der Waals surface area contributed by atoms with E-state index in [0.717, 1.165) is 21.1 Å². The summed E-state index contributed by atoms with van der Waals surface area (Å²) in [4.78, 5) is 17.3. The van der Waals surface area contributed by atoms with Crippen molar-refractivity contribution < 1.29 is 9.18 Å². The summed E-state index contributed by atoms with van der Waals surface area (Å²) in [5.41, 5.74) is 1.45. The Bertz CT molecular complexity index is 691. The molecule has 6 heteroatoms. The molecule has 124 valence electrons. The molecule has 2 N–H and O–H groups in total. The Morgan fingerprint density at radius 1 is 1.35 bits per heavy atom. The smallest absolute Gasteiger partial charge is 0.315 e. The van der Waals surface area contributed by atoms with Crippen molar-refractivity contribution in [3.63, 3.8) is 0 Å². The Morgan fingerprint density at radius 2 is 2.09 bits per heavy atom. The first kappa shape index (κ1) is 17.4. The third-order valence-electron chi connectivity index (χ3n) is 3.09. The van der Waals surface area contributed by atoms with Crippen LogP contribution in [0.3, 0.4) is 0 Å². The first-order valence-electron chi connectivity index (χ1n) is 7.53. The number of carbonyl (C=O) groups excluding carboxylic acids is 1. The molecule has 0 aliphatic heterocycles. The van der Waals surface area contributed by atoms with Crippen molar-refractivity contribution in [3.8, 4) is 10.6 Å². The standard InChI is InChI=1S/C17H22FN3OS/c1-11-14(8-9-19-16(22)21-17(2,3)4)23-15(20-11)12-6-5-7-13(18)10-12/h5-7,10H,8-9H2,1-4H3,(H2,19,21,22). The predicted molar refractivity (Wildman–Crippen MR) is 92.2 cm³/mol. The second-order valence-corrected chi connectivity index (χ2v) is 7.50. The molecule has 23 heavy (non-hydrogen) atoms. The number of amides is 2. The van der Waals surface area contributed by atoms with Crippen molar-refractivity contribution in [2.24, 2.45) is 0 Å². The third kappa shape index (κ3) is 5.32. The van der Waals surface area contributed by atoms with Gasteiger partial charge in [-0.15, -0.1) is 11.3 Å². The number of aryl methyl sites for hydroxylation is 1. The number of aromatic nitrogens is 1. The maximum absolute atomic E-state index is 13.3. The highest BCUT2D eigenvalue weighted by molar-refractivity contribution is 7.15. The Balaban J connectivity index is 1.96. The number of thiazole rings is 1. The van der Waals surface area contributed by atoms with Crippen LogP contribution in [0.4, 0.5) is 9.18 Å². The lowest BCUT2D eigenvalue weighted by Gasteiger charge is -2.20. The number of nitrogens with zero attached hydrogens (tertiary/aromatic N) is 1. The summed E-state index contributed by atoms with van der Waals surface area (Å²) in [6.45, 7) is 8.28. The molecule has 0 aliphatic rings. The molecule has 0 saturated heterocycles. The zero-order valence-electron chi connectivity index (χ0n) is 13.9. The fourth-order valence-corrected chi connectivity index (χ4v) is 3.14. The minimum absolute atomic E-state index is 0.176. The van der Waals surface area contributed by atoms with E-state index in [-0.39, 0.29) is 17.4 Å². The maximum atomic E-state index is 13.3. The summed E-state index contributed by atoms with van der Waals surface area (Å²) in [5, 5.41) is 6.50. The van der Waals surface area contributed by atoms with Gasteiger partial charge in [-0.05, 0) is 39.8 Å². The van der Waals surface area contributed by atoms with Crippen LogP contribution in [0.25, 0.3) is 10.6 Å². The second kappa shape index (κ2) is 7.08. The van der Waals surface area contributed by atoms with Crippen LogP contribution in [0, 0.1) is 12.7 Å². The highest BCUT2D eigenvalue weighted by Gasteiger charge is 2.14. The molecule has 0 saturated carbocycles. The van der Waals surface area contributed by atoms with Crippen LogP contribution < -0.4 is 10.6 Å². The molecule has 0 bridgehead atoms. The van der Waals surface area contributed by atoms with E-state index in [2.05, 4.69) is 15.6 Å². The van der Waals surface area contributed by atoms with Crippen molar-refractivity contribution >= 4 is 17.4 Å². The van der Waals surface area contributed by atoms with E-state index in [4.69, 9.17) is 0 Å². The monoisotopic (exact) mass is 335 g/mol. The molecule has 0 radical (unpaired) electrons. The summed E-state index contributed by atoms with van der Waals surface area (Å²) in [5.74, 6) is -0.266. The average molecular weight is 335 g/mol. The van der Waals surface area contributed by atoms with Crippen molar-refractivity contribution in [1.29, 1.82) is 0 Å². The lowest BCUT2D eigenvalue weighted by atomic mass is 10.1. The van der Waals surface area contributed by atoms with Gasteiger partial charge in [-0.2, -0.15) is 0 Å². The molecule has 2 aromatic rings. The van der Waals surface area contributed by atoms with Gasteiger partial charge < -0.3 is 10.6 Å². The number of hydrogen-bond acceptors (Lipinski definition) is 3. The van der Waals surface area contributed by atoms with Crippen LogP contribution in [0.15, 0.2) is 24.3 Å². The van der Waals surface area contributed by atoms with Crippen molar-refractivity contribution in [3.05, 3.63) is 40.7 Å². The number of benzene rings is 1. The topological polar surface area (TPSA) is 54.0 Å². The highest BCUT2D eigenvalue weighted by Crippen LogP contribution is 2.28. The molecule has 0 fully saturated rings. The van der Waals surface area contributed by atoms with Gasteiger partial charge in [0.1, 0.15) is 10.8 Å². The van der Waals surface area contributed by atoms with Crippen LogP contribution in [-0.2, 0) is 6.42 Å². The highest BCUT2D eigenvalue weighted by atomic mass is 32.1. The van der Waals surface area contributed by atoms with Crippen LogP contribution in [-0.4, -0.2) is 23.1 Å². The van der Waals surface area contributed by atoms with Gasteiger partial charge in [0.25, 0.3) is 0 Å². The molecule has 0 atom stereocenters. The quantitative estimate of drug-likeness (QED) is 0.890. The summed E-state index contributed by atoms with van der Waals surface area (Å²) in [6.07, 6.45) is 0.705. The molecule has 1 heterocycles. The van der Waals surface area contributed by atoms with E-state index in [9.17, 15) is 9.18 Å². The zero-order chi connectivity index (χ0) is 17.0. The zero-order valence-corrected chi connectivity index (χ0v) is 14.7. The molecule has 4 nitrogen and oxygen atoms in total. The van der Waals surface area contributed by atoms with Crippen LogP contribution in [0.2, 0.25) is 0 Å². The average Bonchev–Trinajstić information content (AvgIpc) is 2.78. The molecule has 0 spiro atoms. The molecule has 2 amide bonds. The fraction of sp³-hybridized carbons (Fsp3) is 0.412. The number of carbonyl (C=O) groups is 1. The van der Waals surface area contributed by atoms with E-state index in [0.29, 0.717) is 13.0 Å². The summed E-state index contributed by atoms with van der Waals surface area (Å²) in [6, 6.07) is 6.25. The second-order valence-electron chi connectivity index (χ2n) is 6.42. The number of rotatable bonds is 4. The van der Waals surface area contributed by atoms with E-state index in [1.807, 2.05) is 33.8 Å². The van der Waals surface area contributed by atoms with Crippen molar-refractivity contribution in [2.45, 2.75) is 39.7 Å². The summed E-state index contributed by atoms with van der Waals surface area (Å²) >= 11 is 1.54. The molecule has 0 unspecified atom stereocenters. The third-order valence-corrected chi connectivity index (χ3v) is 4.36. The molecular weight excluding hydrogens is 313 g/mol. The number of hydrogen-bond donors (Lipinski definition) is 2. The minimum Gasteiger partial charge on any atom is -0.338 e. The van der Waals surface area contributed by atoms with Crippen molar-refractivity contribution in [1.82, 2.24) is 15.6 Å². The first-order valence-corrected chi connectivity index (χ1v) is 8.34. The summed E-state index contributed by atoms with van der Waals surface area (Å²) in [7, 11) is 0. The van der Waals surface area contributed by atoms with Crippen LogP contribution >= 0.6 is 11.3 Å². The number of nitrogens with one attached hydrogen (secondary N) is 2. The lowest BCUT2D eigenvalue weighted by Crippen LogP contribution is -2.46. The van der Waals surface area contributed by atoms with Gasteiger partial charge in [-0.3, -0.25) is 0 Å². The largest absolute Gasteiger partial charge is 0.338 e. The van der Waals surface area contributed by atoms with Gasteiger partial charge in [-0.25, -0.2) is 14.2 Å². The Morgan fingerprint density at radius 3 is 2.74 bits per heavy atom. The molecule has 0 aliphatic carbocycles. The normalized spacial score (nSPS) is 11.3. The van der Waals surface area contributed by atoms with Crippen LogP contribution in [0.1, 0.15) is 31.3 Å². The Hall–Kier alpha value is -1.95. The minimum atomic E-state index is -0.266. The van der Waals surface area contributed by atoms with Gasteiger partial charge in [0.05, 0.1) is 5.69 Å². The van der Waals surface area contributed by atoms with Gasteiger partial charge in [0.2, 0.25) is 0 Å². The molecule has 1 aromatic carbocycles.